The predicted molar refractivity (Wildman–Crippen MR) is 122 cm³/mol. The third-order valence-corrected chi connectivity index (χ3v) is 7.31. The van der Waals surface area contributed by atoms with Gasteiger partial charge in [0.15, 0.2) is 5.65 Å². The van der Waals surface area contributed by atoms with Crippen LogP contribution in [0.3, 0.4) is 0 Å². The number of aryl methyl sites for hydroxylation is 2. The highest BCUT2D eigenvalue weighted by molar-refractivity contribution is 5.98. The molecule has 2 saturated carbocycles. The summed E-state index contributed by atoms with van der Waals surface area (Å²) in [5, 5.41) is 18.7. The highest BCUT2D eigenvalue weighted by Gasteiger charge is 2.50. The third kappa shape index (κ3) is 3.72. The number of carbonyl (C=O) groups is 2. The molecule has 2 aliphatic carbocycles. The zero-order chi connectivity index (χ0) is 23.3. The minimum Gasteiger partial charge on any atom is -0.481 e. The third-order valence-electron chi connectivity index (χ3n) is 7.31. The molecule has 3 aliphatic rings. The van der Waals surface area contributed by atoms with Crippen molar-refractivity contribution in [2.45, 2.75) is 70.6 Å². The smallest absolute Gasteiger partial charge is 0.306 e. The highest BCUT2D eigenvalue weighted by Crippen LogP contribution is 2.47. The molecular weight excluding hydrogens is 424 g/mol. The molecule has 1 amide bonds. The molecule has 33 heavy (non-hydrogen) atoms. The van der Waals surface area contributed by atoms with Crippen molar-refractivity contribution in [2.24, 2.45) is 17.6 Å². The van der Waals surface area contributed by atoms with Gasteiger partial charge in [-0.1, -0.05) is 0 Å². The lowest BCUT2D eigenvalue weighted by atomic mass is 9.70. The van der Waals surface area contributed by atoms with Gasteiger partial charge in [0.2, 0.25) is 5.91 Å². The second-order valence-corrected chi connectivity index (χ2v) is 9.51. The van der Waals surface area contributed by atoms with Crippen LogP contribution in [0.2, 0.25) is 0 Å². The fraction of sp³-hybridized carbons (Fsp3) is 0.565. The average Bonchev–Trinajstić information content (AvgIpc) is 3.35. The van der Waals surface area contributed by atoms with Crippen LogP contribution in [0.15, 0.2) is 12.3 Å². The van der Waals surface area contributed by atoms with Crippen molar-refractivity contribution in [1.82, 2.24) is 20.2 Å². The van der Waals surface area contributed by atoms with E-state index in [4.69, 9.17) is 15.6 Å². The van der Waals surface area contributed by atoms with Gasteiger partial charge in [-0.3, -0.25) is 19.9 Å². The SMILES string of the molecule is CCn1nc(C)c2c(NC3CCC(C(=O)O)CC3)c(C3=CC4(CC(C(N)=O)C4)ON3)cnc21. The van der Waals surface area contributed by atoms with Crippen LogP contribution in [0.4, 0.5) is 5.69 Å². The molecule has 0 atom stereocenters. The Morgan fingerprint density at radius 3 is 2.67 bits per heavy atom. The number of hydrogen-bond donors (Lipinski definition) is 4. The van der Waals surface area contributed by atoms with Crippen LogP contribution in [0.25, 0.3) is 16.7 Å². The van der Waals surface area contributed by atoms with Crippen molar-refractivity contribution in [3.05, 3.63) is 23.5 Å². The van der Waals surface area contributed by atoms with Crippen LogP contribution in [0, 0.1) is 18.8 Å². The van der Waals surface area contributed by atoms with Crippen LogP contribution >= 0.6 is 0 Å². The maximum absolute atomic E-state index is 11.5. The van der Waals surface area contributed by atoms with Gasteiger partial charge in [0.25, 0.3) is 0 Å². The van der Waals surface area contributed by atoms with Crippen molar-refractivity contribution < 1.29 is 19.5 Å². The summed E-state index contributed by atoms with van der Waals surface area (Å²) in [6.45, 7) is 4.72. The summed E-state index contributed by atoms with van der Waals surface area (Å²) in [6, 6.07) is 0.161. The summed E-state index contributed by atoms with van der Waals surface area (Å²) >= 11 is 0. The molecule has 2 fully saturated rings. The van der Waals surface area contributed by atoms with Gasteiger partial charge in [0, 0.05) is 30.3 Å². The Labute approximate surface area is 191 Å². The van der Waals surface area contributed by atoms with E-state index in [1.54, 1.807) is 0 Å². The molecule has 0 unspecified atom stereocenters. The van der Waals surface area contributed by atoms with Crippen LogP contribution in [-0.2, 0) is 21.0 Å². The van der Waals surface area contributed by atoms with E-state index in [-0.39, 0.29) is 23.8 Å². The Kier molecular flexibility index (Phi) is 5.27. The van der Waals surface area contributed by atoms with Gasteiger partial charge in [-0.25, -0.2) is 9.67 Å². The van der Waals surface area contributed by atoms with E-state index in [9.17, 15) is 14.7 Å². The fourth-order valence-corrected chi connectivity index (χ4v) is 5.37. The number of nitrogens with one attached hydrogen (secondary N) is 2. The van der Waals surface area contributed by atoms with E-state index < -0.39 is 11.6 Å². The zero-order valence-electron chi connectivity index (χ0n) is 18.9. The van der Waals surface area contributed by atoms with Gasteiger partial charge >= 0.3 is 5.97 Å². The highest BCUT2D eigenvalue weighted by atomic mass is 16.7. The number of amides is 1. The van der Waals surface area contributed by atoms with Gasteiger partial charge in [-0.2, -0.15) is 5.10 Å². The molecule has 10 nitrogen and oxygen atoms in total. The number of nitrogens with zero attached hydrogens (tertiary/aromatic N) is 3. The predicted octanol–water partition coefficient (Wildman–Crippen LogP) is 2.32. The molecule has 0 radical (unpaired) electrons. The molecule has 176 valence electrons. The lowest BCUT2D eigenvalue weighted by molar-refractivity contribution is -0.144. The Hall–Kier alpha value is -3.14. The summed E-state index contributed by atoms with van der Waals surface area (Å²) < 4.78 is 1.89. The Morgan fingerprint density at radius 1 is 1.30 bits per heavy atom. The minimum absolute atomic E-state index is 0.161. The van der Waals surface area contributed by atoms with E-state index >= 15 is 0 Å². The second-order valence-electron chi connectivity index (χ2n) is 9.51. The Balaban J connectivity index is 1.50. The van der Waals surface area contributed by atoms with E-state index in [0.29, 0.717) is 32.2 Å². The number of nitrogens with two attached hydrogens (primary N) is 1. The van der Waals surface area contributed by atoms with E-state index in [1.807, 2.05) is 30.8 Å². The Morgan fingerprint density at radius 2 is 2.03 bits per heavy atom. The average molecular weight is 455 g/mol. The van der Waals surface area contributed by atoms with Crippen LogP contribution in [-0.4, -0.2) is 43.4 Å². The largest absolute Gasteiger partial charge is 0.481 e. The standard InChI is InChI=1S/C23H30N6O4/c1-3-29-21-18(12(2)27-29)19(26-15-6-4-13(5-7-15)22(31)32)16(11-25-21)17-10-23(33-28-17)8-14(9-23)20(24)30/h10-11,13-15,28H,3-9H2,1-2H3,(H2,24,30)(H,25,26)(H,31,32). The normalized spacial score (nSPS) is 28.9. The molecule has 3 heterocycles. The molecule has 5 N–H and O–H groups in total. The van der Waals surface area contributed by atoms with Crippen molar-refractivity contribution >= 4 is 34.3 Å². The number of hydrogen-bond acceptors (Lipinski definition) is 7. The summed E-state index contributed by atoms with van der Waals surface area (Å²) in [6.07, 6.45) is 7.86. The molecule has 1 spiro atoms. The molecular formula is C23H30N6O4. The minimum atomic E-state index is -0.710. The first-order valence-corrected chi connectivity index (χ1v) is 11.6. The maximum atomic E-state index is 11.5. The number of carboxylic acid groups (broad SMARTS) is 1. The first-order valence-electron chi connectivity index (χ1n) is 11.6. The molecule has 10 heteroatoms. The topological polar surface area (TPSA) is 144 Å². The molecule has 5 rings (SSSR count). The number of hydroxylamine groups is 1. The maximum Gasteiger partial charge on any atom is 0.306 e. The Bertz CT molecular complexity index is 1140. The lowest BCUT2D eigenvalue weighted by Gasteiger charge is -2.39. The number of primary amides is 1. The van der Waals surface area contributed by atoms with Gasteiger partial charge < -0.3 is 16.2 Å². The van der Waals surface area contributed by atoms with Gasteiger partial charge in [0.1, 0.15) is 5.60 Å². The summed E-state index contributed by atoms with van der Waals surface area (Å²) in [4.78, 5) is 33.5. The van der Waals surface area contributed by atoms with Crippen LogP contribution < -0.4 is 16.5 Å². The van der Waals surface area contributed by atoms with Crippen molar-refractivity contribution in [1.29, 1.82) is 0 Å². The fourth-order valence-electron chi connectivity index (χ4n) is 5.37. The number of aliphatic carboxylic acids is 1. The number of carboxylic acids is 1. The number of anilines is 1. The number of aromatic nitrogens is 3. The molecule has 0 saturated heterocycles. The molecule has 2 aromatic rings. The number of fused-ring (bicyclic) bond motifs is 1. The summed E-state index contributed by atoms with van der Waals surface area (Å²) in [5.74, 6) is -1.45. The number of carbonyl (C=O) groups excluding carboxylic acids is 1. The molecule has 2 aromatic heterocycles. The summed E-state index contributed by atoms with van der Waals surface area (Å²) in [5.41, 5.74) is 12.3. The van der Waals surface area contributed by atoms with Gasteiger partial charge in [-0.15, -0.1) is 0 Å². The van der Waals surface area contributed by atoms with Crippen molar-refractivity contribution in [3.63, 3.8) is 0 Å². The van der Waals surface area contributed by atoms with E-state index in [1.165, 1.54) is 0 Å². The zero-order valence-corrected chi connectivity index (χ0v) is 18.9. The van der Waals surface area contributed by atoms with E-state index in [2.05, 4.69) is 15.9 Å². The first-order chi connectivity index (χ1) is 15.8. The quantitative estimate of drug-likeness (QED) is 0.520. The number of rotatable bonds is 6. The monoisotopic (exact) mass is 454 g/mol. The van der Waals surface area contributed by atoms with Gasteiger partial charge in [0.05, 0.1) is 28.4 Å². The van der Waals surface area contributed by atoms with Gasteiger partial charge in [-0.05, 0) is 58.4 Å². The summed E-state index contributed by atoms with van der Waals surface area (Å²) in [7, 11) is 0. The molecule has 1 aliphatic heterocycles. The van der Waals surface area contributed by atoms with Crippen molar-refractivity contribution in [3.8, 4) is 0 Å². The van der Waals surface area contributed by atoms with Crippen LogP contribution in [0.5, 0.6) is 0 Å². The second kappa shape index (κ2) is 8.02. The van der Waals surface area contributed by atoms with Crippen molar-refractivity contribution in [2.75, 3.05) is 5.32 Å². The van der Waals surface area contributed by atoms with Crippen LogP contribution in [0.1, 0.15) is 56.7 Å². The number of pyridine rings is 1. The lowest BCUT2D eigenvalue weighted by Crippen LogP contribution is -2.48. The molecule has 0 bridgehead atoms. The first kappa shape index (κ1) is 21.7. The van der Waals surface area contributed by atoms with E-state index in [0.717, 1.165) is 46.5 Å². The molecule has 0 aromatic carbocycles.